The molecule has 1 aromatic carbocycles. The fourth-order valence-corrected chi connectivity index (χ4v) is 1.64. The molecule has 0 fully saturated rings. The lowest BCUT2D eigenvalue weighted by Crippen LogP contribution is -2.14. The lowest BCUT2D eigenvalue weighted by Gasteiger charge is -2.12. The molecule has 0 radical (unpaired) electrons. The smallest absolute Gasteiger partial charge is 0.338 e. The van der Waals surface area contributed by atoms with Crippen LogP contribution < -0.4 is 0 Å². The fraction of sp³-hybridized carbons (Fsp3) is 0.400. The average molecular weight is 277 g/mol. The Balaban J connectivity index is 2.53. The summed E-state index contributed by atoms with van der Waals surface area (Å²) in [5.41, 5.74) is 1.52. The molecule has 20 heavy (non-hydrogen) atoms. The lowest BCUT2D eigenvalue weighted by molar-refractivity contribution is -0.384. The highest BCUT2D eigenvalue weighted by Crippen LogP contribution is 2.14. The van der Waals surface area contributed by atoms with Gasteiger partial charge < -0.3 is 4.74 Å². The van der Waals surface area contributed by atoms with Crippen LogP contribution in [0.25, 0.3) is 0 Å². The summed E-state index contributed by atoms with van der Waals surface area (Å²) in [5, 5.41) is 10.5. The second-order valence-electron chi connectivity index (χ2n) is 4.88. The SMILES string of the molecule is CC(C)=CCCC(C)OC(=O)c1ccc([N+](=O)[O-])cc1. The van der Waals surface area contributed by atoms with Crippen LogP contribution in [0.1, 0.15) is 44.0 Å². The largest absolute Gasteiger partial charge is 0.459 e. The van der Waals surface area contributed by atoms with Gasteiger partial charge in [0.05, 0.1) is 16.6 Å². The number of nitro groups is 1. The Morgan fingerprint density at radius 2 is 1.95 bits per heavy atom. The zero-order valence-corrected chi connectivity index (χ0v) is 12.0. The quantitative estimate of drug-likeness (QED) is 0.342. The highest BCUT2D eigenvalue weighted by Gasteiger charge is 2.13. The Morgan fingerprint density at radius 1 is 1.35 bits per heavy atom. The molecule has 0 bridgehead atoms. The lowest BCUT2D eigenvalue weighted by atomic mass is 10.1. The van der Waals surface area contributed by atoms with Crippen LogP contribution in [0.15, 0.2) is 35.9 Å². The van der Waals surface area contributed by atoms with E-state index in [4.69, 9.17) is 4.74 Å². The van der Waals surface area contributed by atoms with Crippen LogP contribution >= 0.6 is 0 Å². The van der Waals surface area contributed by atoms with Gasteiger partial charge in [-0.05, 0) is 45.7 Å². The van der Waals surface area contributed by atoms with Crippen molar-refractivity contribution in [3.05, 3.63) is 51.6 Å². The van der Waals surface area contributed by atoms with Gasteiger partial charge in [0.1, 0.15) is 0 Å². The first-order valence-corrected chi connectivity index (χ1v) is 6.49. The van der Waals surface area contributed by atoms with Crippen LogP contribution in [-0.4, -0.2) is 17.0 Å². The van der Waals surface area contributed by atoms with Crippen LogP contribution in [0, 0.1) is 10.1 Å². The van der Waals surface area contributed by atoms with Gasteiger partial charge in [0.2, 0.25) is 0 Å². The van der Waals surface area contributed by atoms with E-state index in [0.29, 0.717) is 5.56 Å². The van der Waals surface area contributed by atoms with Crippen LogP contribution in [0.5, 0.6) is 0 Å². The van der Waals surface area contributed by atoms with Crippen molar-refractivity contribution in [2.75, 3.05) is 0 Å². The predicted octanol–water partition coefficient (Wildman–Crippen LogP) is 3.89. The number of hydrogen-bond acceptors (Lipinski definition) is 4. The first-order chi connectivity index (χ1) is 9.40. The highest BCUT2D eigenvalue weighted by atomic mass is 16.6. The van der Waals surface area contributed by atoms with Crippen LogP contribution in [-0.2, 0) is 4.74 Å². The first-order valence-electron chi connectivity index (χ1n) is 6.49. The molecule has 1 atom stereocenters. The molecule has 1 aromatic rings. The van der Waals surface area contributed by atoms with Gasteiger partial charge >= 0.3 is 5.97 Å². The molecule has 1 rings (SSSR count). The number of nitro benzene ring substituents is 1. The van der Waals surface area contributed by atoms with Crippen molar-refractivity contribution in [3.8, 4) is 0 Å². The van der Waals surface area contributed by atoms with Crippen LogP contribution in [0.4, 0.5) is 5.69 Å². The summed E-state index contributed by atoms with van der Waals surface area (Å²) < 4.78 is 5.28. The summed E-state index contributed by atoms with van der Waals surface area (Å²) in [6.45, 7) is 5.88. The maximum atomic E-state index is 11.8. The number of nitrogens with zero attached hydrogens (tertiary/aromatic N) is 1. The maximum Gasteiger partial charge on any atom is 0.338 e. The van der Waals surface area contributed by atoms with Gasteiger partial charge in [-0.2, -0.15) is 0 Å². The van der Waals surface area contributed by atoms with Gasteiger partial charge in [-0.15, -0.1) is 0 Å². The third kappa shape index (κ3) is 5.22. The number of carbonyl (C=O) groups is 1. The number of hydrogen-bond donors (Lipinski definition) is 0. The molecule has 0 heterocycles. The van der Waals surface area contributed by atoms with E-state index in [1.807, 2.05) is 20.8 Å². The van der Waals surface area contributed by atoms with Crippen molar-refractivity contribution in [1.29, 1.82) is 0 Å². The molecule has 0 aromatic heterocycles. The van der Waals surface area contributed by atoms with E-state index >= 15 is 0 Å². The van der Waals surface area contributed by atoms with Gasteiger partial charge in [-0.3, -0.25) is 10.1 Å². The highest BCUT2D eigenvalue weighted by molar-refractivity contribution is 5.89. The second kappa shape index (κ2) is 7.43. The molecule has 5 heteroatoms. The Kier molecular flexibility index (Phi) is 5.90. The molecule has 0 saturated heterocycles. The van der Waals surface area contributed by atoms with Gasteiger partial charge in [0.15, 0.2) is 0 Å². The van der Waals surface area contributed by atoms with E-state index in [2.05, 4.69) is 6.08 Å². The third-order valence-corrected chi connectivity index (χ3v) is 2.75. The van der Waals surface area contributed by atoms with E-state index in [0.717, 1.165) is 12.8 Å². The minimum atomic E-state index is -0.503. The normalized spacial score (nSPS) is 11.6. The Bertz CT molecular complexity index is 501. The molecule has 0 aliphatic rings. The molecule has 1 unspecified atom stereocenters. The van der Waals surface area contributed by atoms with Crippen molar-refractivity contribution >= 4 is 11.7 Å². The number of ether oxygens (including phenoxy) is 1. The number of non-ortho nitro benzene ring substituents is 1. The number of allylic oxidation sites excluding steroid dienone is 2. The van der Waals surface area contributed by atoms with Gasteiger partial charge in [0, 0.05) is 12.1 Å². The Morgan fingerprint density at radius 3 is 2.45 bits per heavy atom. The summed E-state index contributed by atoms with van der Waals surface area (Å²) in [6, 6.07) is 5.40. The van der Waals surface area contributed by atoms with E-state index < -0.39 is 10.9 Å². The predicted molar refractivity (Wildman–Crippen MR) is 76.6 cm³/mol. The van der Waals surface area contributed by atoms with Crippen molar-refractivity contribution in [3.63, 3.8) is 0 Å². The monoisotopic (exact) mass is 277 g/mol. The van der Waals surface area contributed by atoms with Crippen molar-refractivity contribution in [2.45, 2.75) is 39.7 Å². The summed E-state index contributed by atoms with van der Waals surface area (Å²) in [5.74, 6) is -0.454. The number of esters is 1. The van der Waals surface area contributed by atoms with Gasteiger partial charge in [0.25, 0.3) is 5.69 Å². The topological polar surface area (TPSA) is 69.4 Å². The molecule has 0 N–H and O–H groups in total. The summed E-state index contributed by atoms with van der Waals surface area (Å²) in [7, 11) is 0. The minimum absolute atomic E-state index is 0.0434. The summed E-state index contributed by atoms with van der Waals surface area (Å²) >= 11 is 0. The molecule has 0 spiro atoms. The molecule has 5 nitrogen and oxygen atoms in total. The number of carbonyl (C=O) groups excluding carboxylic acids is 1. The number of rotatable bonds is 6. The summed E-state index contributed by atoms with van der Waals surface area (Å²) in [6.07, 6.45) is 3.52. The summed E-state index contributed by atoms with van der Waals surface area (Å²) in [4.78, 5) is 21.8. The Hall–Kier alpha value is -2.17. The van der Waals surface area contributed by atoms with E-state index in [9.17, 15) is 14.9 Å². The zero-order chi connectivity index (χ0) is 15.1. The zero-order valence-electron chi connectivity index (χ0n) is 12.0. The average Bonchev–Trinajstić information content (AvgIpc) is 2.38. The van der Waals surface area contributed by atoms with Crippen molar-refractivity contribution < 1.29 is 14.5 Å². The van der Waals surface area contributed by atoms with E-state index in [-0.39, 0.29) is 11.8 Å². The Labute approximate surface area is 118 Å². The maximum absolute atomic E-state index is 11.8. The van der Waals surface area contributed by atoms with Crippen molar-refractivity contribution in [2.24, 2.45) is 0 Å². The molecule has 0 aliphatic carbocycles. The first kappa shape index (κ1) is 15.9. The molecule has 0 amide bonds. The second-order valence-corrected chi connectivity index (χ2v) is 4.88. The van der Waals surface area contributed by atoms with E-state index in [1.165, 1.54) is 29.8 Å². The standard InChI is InChI=1S/C15H19NO4/c1-11(2)5-4-6-12(3)20-15(17)13-7-9-14(10-8-13)16(18)19/h5,7-10,12H,4,6H2,1-3H3. The number of benzene rings is 1. The van der Waals surface area contributed by atoms with Crippen LogP contribution in [0.3, 0.4) is 0 Å². The molecular formula is C15H19NO4. The van der Waals surface area contributed by atoms with Gasteiger partial charge in [-0.1, -0.05) is 11.6 Å². The third-order valence-electron chi connectivity index (χ3n) is 2.75. The van der Waals surface area contributed by atoms with Gasteiger partial charge in [-0.25, -0.2) is 4.79 Å². The van der Waals surface area contributed by atoms with Crippen LogP contribution in [0.2, 0.25) is 0 Å². The molecule has 0 saturated carbocycles. The fourth-order valence-electron chi connectivity index (χ4n) is 1.64. The molecule has 0 aliphatic heterocycles. The molecule has 108 valence electrons. The molecular weight excluding hydrogens is 258 g/mol. The van der Waals surface area contributed by atoms with Crippen molar-refractivity contribution in [1.82, 2.24) is 0 Å². The minimum Gasteiger partial charge on any atom is -0.459 e. The van der Waals surface area contributed by atoms with E-state index in [1.54, 1.807) is 0 Å².